The average molecular weight is 204 g/mol. The van der Waals surface area contributed by atoms with Gasteiger partial charge < -0.3 is 10.1 Å². The summed E-state index contributed by atoms with van der Waals surface area (Å²) < 4.78 is 5.36. The molecule has 80 valence electrons. The van der Waals surface area contributed by atoms with E-state index in [4.69, 9.17) is 4.74 Å². The number of rotatable bonds is 3. The fraction of sp³-hybridized carbons (Fsp3) is 0.417. The molecule has 0 saturated heterocycles. The molecule has 0 bridgehead atoms. The summed E-state index contributed by atoms with van der Waals surface area (Å²) >= 11 is 0. The molecule has 0 saturated carbocycles. The van der Waals surface area contributed by atoms with Crippen LogP contribution in [-0.2, 0) is 4.74 Å². The summed E-state index contributed by atoms with van der Waals surface area (Å²) in [5.74, 6) is 0.923. The number of hydrogen-bond acceptors (Lipinski definition) is 3. The van der Waals surface area contributed by atoms with Gasteiger partial charge in [0.05, 0.1) is 13.2 Å². The van der Waals surface area contributed by atoms with Crippen molar-refractivity contribution in [3.8, 4) is 0 Å². The second-order valence-electron chi connectivity index (χ2n) is 3.78. The third kappa shape index (κ3) is 3.06. The Morgan fingerprint density at radius 3 is 3.07 bits per heavy atom. The van der Waals surface area contributed by atoms with Crippen molar-refractivity contribution in [3.05, 3.63) is 35.5 Å². The van der Waals surface area contributed by atoms with Gasteiger partial charge in [-0.05, 0) is 30.5 Å². The van der Waals surface area contributed by atoms with Crippen molar-refractivity contribution in [1.29, 1.82) is 0 Å². The summed E-state index contributed by atoms with van der Waals surface area (Å²) in [5, 5.41) is 3.28. The Kier molecular flexibility index (Phi) is 3.35. The number of pyridine rings is 1. The predicted molar refractivity (Wildman–Crippen MR) is 61.0 cm³/mol. The summed E-state index contributed by atoms with van der Waals surface area (Å²) in [7, 11) is 0. The molecule has 1 aliphatic heterocycles. The standard InChI is InChI=1S/C12H16N2O/c1-10-4-5-12(13-7-10)14-8-11-3-2-6-15-9-11/h3-5,7H,2,6,8-9H2,1H3,(H,13,14). The van der Waals surface area contributed by atoms with Gasteiger partial charge in [-0.15, -0.1) is 0 Å². The van der Waals surface area contributed by atoms with E-state index in [1.807, 2.05) is 19.2 Å². The van der Waals surface area contributed by atoms with Crippen LogP contribution in [0.1, 0.15) is 12.0 Å². The Morgan fingerprint density at radius 1 is 1.47 bits per heavy atom. The van der Waals surface area contributed by atoms with E-state index in [0.29, 0.717) is 0 Å². The lowest BCUT2D eigenvalue weighted by molar-refractivity contribution is 0.150. The third-order valence-corrected chi connectivity index (χ3v) is 2.39. The molecule has 0 unspecified atom stereocenters. The quantitative estimate of drug-likeness (QED) is 0.766. The zero-order valence-electron chi connectivity index (χ0n) is 8.99. The number of anilines is 1. The monoisotopic (exact) mass is 204 g/mol. The molecular weight excluding hydrogens is 188 g/mol. The van der Waals surface area contributed by atoms with Crippen molar-refractivity contribution < 1.29 is 4.74 Å². The second kappa shape index (κ2) is 4.94. The Balaban J connectivity index is 1.87. The molecule has 0 aromatic carbocycles. The molecule has 1 aliphatic rings. The molecule has 0 aliphatic carbocycles. The lowest BCUT2D eigenvalue weighted by atomic mass is 10.2. The lowest BCUT2D eigenvalue weighted by Crippen LogP contribution is -2.14. The van der Waals surface area contributed by atoms with Crippen LogP contribution in [0, 0.1) is 6.92 Å². The summed E-state index contributed by atoms with van der Waals surface area (Å²) in [6.07, 6.45) is 5.14. The molecule has 0 amide bonds. The van der Waals surface area contributed by atoms with E-state index in [1.165, 1.54) is 11.1 Å². The minimum absolute atomic E-state index is 0.749. The Hall–Kier alpha value is -1.35. The number of aryl methyl sites for hydroxylation is 1. The number of aromatic nitrogens is 1. The number of nitrogens with zero attached hydrogens (tertiary/aromatic N) is 1. The first kappa shape index (κ1) is 10.2. The van der Waals surface area contributed by atoms with E-state index in [1.54, 1.807) is 0 Å². The molecule has 0 fully saturated rings. The van der Waals surface area contributed by atoms with Crippen LogP contribution in [0.15, 0.2) is 30.0 Å². The first-order valence-corrected chi connectivity index (χ1v) is 5.27. The normalized spacial score (nSPS) is 15.9. The molecule has 1 aromatic rings. The summed E-state index contributed by atoms with van der Waals surface area (Å²) in [6, 6.07) is 4.06. The first-order chi connectivity index (χ1) is 7.34. The summed E-state index contributed by atoms with van der Waals surface area (Å²) in [4.78, 5) is 4.28. The van der Waals surface area contributed by atoms with Crippen LogP contribution >= 0.6 is 0 Å². The fourth-order valence-corrected chi connectivity index (χ4v) is 1.51. The van der Waals surface area contributed by atoms with E-state index >= 15 is 0 Å². The van der Waals surface area contributed by atoms with E-state index < -0.39 is 0 Å². The van der Waals surface area contributed by atoms with Crippen LogP contribution in [0.3, 0.4) is 0 Å². The van der Waals surface area contributed by atoms with Crippen LogP contribution in [0.4, 0.5) is 5.82 Å². The molecule has 3 heteroatoms. The average Bonchev–Trinajstić information content (AvgIpc) is 2.30. The molecule has 0 spiro atoms. The van der Waals surface area contributed by atoms with Gasteiger partial charge in [-0.3, -0.25) is 0 Å². The fourth-order valence-electron chi connectivity index (χ4n) is 1.51. The zero-order chi connectivity index (χ0) is 10.5. The van der Waals surface area contributed by atoms with Crippen LogP contribution in [0.2, 0.25) is 0 Å². The van der Waals surface area contributed by atoms with Gasteiger partial charge in [0, 0.05) is 12.7 Å². The highest BCUT2D eigenvalue weighted by Crippen LogP contribution is 2.08. The molecule has 2 heterocycles. The predicted octanol–water partition coefficient (Wildman–Crippen LogP) is 2.15. The van der Waals surface area contributed by atoms with Gasteiger partial charge in [-0.25, -0.2) is 4.98 Å². The Bertz CT molecular complexity index is 343. The van der Waals surface area contributed by atoms with Gasteiger partial charge >= 0.3 is 0 Å². The van der Waals surface area contributed by atoms with Crippen molar-refractivity contribution in [2.75, 3.05) is 25.1 Å². The van der Waals surface area contributed by atoms with Gasteiger partial charge in [-0.2, -0.15) is 0 Å². The molecule has 0 radical (unpaired) electrons. The minimum atomic E-state index is 0.749. The summed E-state index contributed by atoms with van der Waals surface area (Å²) in [6.45, 7) is 4.47. The van der Waals surface area contributed by atoms with E-state index in [0.717, 1.165) is 32.0 Å². The maximum atomic E-state index is 5.36. The molecule has 3 nitrogen and oxygen atoms in total. The maximum Gasteiger partial charge on any atom is 0.126 e. The molecule has 1 N–H and O–H groups in total. The second-order valence-corrected chi connectivity index (χ2v) is 3.78. The van der Waals surface area contributed by atoms with Crippen molar-refractivity contribution >= 4 is 5.82 Å². The van der Waals surface area contributed by atoms with Crippen molar-refractivity contribution in [2.24, 2.45) is 0 Å². The van der Waals surface area contributed by atoms with Crippen molar-refractivity contribution in [2.45, 2.75) is 13.3 Å². The molecule has 2 rings (SSSR count). The van der Waals surface area contributed by atoms with Crippen LogP contribution in [0.5, 0.6) is 0 Å². The first-order valence-electron chi connectivity index (χ1n) is 5.27. The Morgan fingerprint density at radius 2 is 2.40 bits per heavy atom. The largest absolute Gasteiger partial charge is 0.377 e. The van der Waals surface area contributed by atoms with Gasteiger partial charge in [0.1, 0.15) is 5.82 Å². The van der Waals surface area contributed by atoms with Gasteiger partial charge in [0.15, 0.2) is 0 Å². The van der Waals surface area contributed by atoms with E-state index in [9.17, 15) is 0 Å². The molecule has 1 aromatic heterocycles. The summed E-state index contributed by atoms with van der Waals surface area (Å²) in [5.41, 5.74) is 2.49. The lowest BCUT2D eigenvalue weighted by Gasteiger charge is -2.14. The Labute approximate surface area is 90.2 Å². The molecule has 15 heavy (non-hydrogen) atoms. The van der Waals surface area contributed by atoms with Gasteiger partial charge in [-0.1, -0.05) is 12.1 Å². The topological polar surface area (TPSA) is 34.1 Å². The maximum absolute atomic E-state index is 5.36. The van der Waals surface area contributed by atoms with Gasteiger partial charge in [0.2, 0.25) is 0 Å². The highest BCUT2D eigenvalue weighted by Gasteiger charge is 2.03. The van der Waals surface area contributed by atoms with Crippen molar-refractivity contribution in [1.82, 2.24) is 4.98 Å². The van der Waals surface area contributed by atoms with E-state index in [2.05, 4.69) is 22.4 Å². The SMILES string of the molecule is Cc1ccc(NCC2=CCCOC2)nc1. The minimum Gasteiger partial charge on any atom is -0.377 e. The van der Waals surface area contributed by atoms with Crippen LogP contribution in [0.25, 0.3) is 0 Å². The number of nitrogens with one attached hydrogen (secondary N) is 1. The van der Waals surface area contributed by atoms with Gasteiger partial charge in [0.25, 0.3) is 0 Å². The third-order valence-electron chi connectivity index (χ3n) is 2.39. The zero-order valence-corrected chi connectivity index (χ0v) is 8.99. The molecular formula is C12H16N2O. The highest BCUT2D eigenvalue weighted by atomic mass is 16.5. The molecule has 0 atom stereocenters. The number of ether oxygens (including phenoxy) is 1. The van der Waals surface area contributed by atoms with Crippen molar-refractivity contribution in [3.63, 3.8) is 0 Å². The van der Waals surface area contributed by atoms with Crippen LogP contribution in [-0.4, -0.2) is 24.7 Å². The smallest absolute Gasteiger partial charge is 0.126 e. The number of hydrogen-bond donors (Lipinski definition) is 1. The van der Waals surface area contributed by atoms with E-state index in [-0.39, 0.29) is 0 Å². The van der Waals surface area contributed by atoms with Crippen LogP contribution < -0.4 is 5.32 Å². The highest BCUT2D eigenvalue weighted by molar-refractivity contribution is 5.37.